The van der Waals surface area contributed by atoms with E-state index in [1.54, 1.807) is 0 Å². The second kappa shape index (κ2) is 7.06. The van der Waals surface area contributed by atoms with Gasteiger partial charge in [-0.2, -0.15) is 0 Å². The Morgan fingerprint density at radius 3 is 2.38 bits per heavy atom. The third kappa shape index (κ3) is 5.06. The van der Waals surface area contributed by atoms with Crippen molar-refractivity contribution in [2.24, 2.45) is 0 Å². The van der Waals surface area contributed by atoms with Crippen LogP contribution in [0.25, 0.3) is 0 Å². The number of benzene rings is 1. The quantitative estimate of drug-likeness (QED) is 0.810. The highest BCUT2D eigenvalue weighted by Crippen LogP contribution is 2.19. The number of aliphatic carboxylic acids is 1. The molecule has 0 aliphatic heterocycles. The minimum atomic E-state index is -1.26. The molecule has 116 valence electrons. The molecule has 0 saturated carbocycles. The van der Waals surface area contributed by atoms with E-state index in [4.69, 9.17) is 9.84 Å². The molecular formula is C15H20FNO4. The Balaban J connectivity index is 2.74. The third-order valence-corrected chi connectivity index (χ3v) is 2.91. The van der Waals surface area contributed by atoms with Gasteiger partial charge in [0.15, 0.2) is 5.60 Å². The third-order valence-electron chi connectivity index (χ3n) is 2.91. The Kier molecular flexibility index (Phi) is 5.69. The lowest BCUT2D eigenvalue weighted by molar-refractivity contribution is -0.145. The highest BCUT2D eigenvalue weighted by Gasteiger charge is 2.33. The smallest absolute Gasteiger partial charge is 0.326 e. The molecule has 0 radical (unpaired) electrons. The maximum Gasteiger partial charge on any atom is 0.326 e. The van der Waals surface area contributed by atoms with E-state index in [9.17, 15) is 14.0 Å². The molecule has 1 rings (SSSR count). The predicted molar refractivity (Wildman–Crippen MR) is 75.6 cm³/mol. The molecule has 1 aromatic carbocycles. The largest absolute Gasteiger partial charge is 0.480 e. The number of amides is 1. The van der Waals surface area contributed by atoms with E-state index < -0.39 is 29.3 Å². The van der Waals surface area contributed by atoms with Gasteiger partial charge in [-0.1, -0.05) is 13.3 Å². The highest BCUT2D eigenvalue weighted by atomic mass is 19.1. The van der Waals surface area contributed by atoms with E-state index in [1.165, 1.54) is 38.1 Å². The van der Waals surface area contributed by atoms with Crippen LogP contribution in [0.4, 0.5) is 4.39 Å². The molecule has 1 amide bonds. The van der Waals surface area contributed by atoms with E-state index in [0.29, 0.717) is 18.6 Å². The second-order valence-corrected chi connectivity index (χ2v) is 5.22. The number of halogens is 1. The number of hydrogen-bond donors (Lipinski definition) is 2. The van der Waals surface area contributed by atoms with Gasteiger partial charge in [-0.05, 0) is 44.5 Å². The topological polar surface area (TPSA) is 75.6 Å². The summed E-state index contributed by atoms with van der Waals surface area (Å²) in [5.41, 5.74) is -1.26. The SMILES string of the molecule is CCCC(NC(=O)C(C)(C)Oc1ccc(F)cc1)C(=O)O. The molecule has 0 spiro atoms. The van der Waals surface area contributed by atoms with Crippen LogP contribution in [-0.2, 0) is 9.59 Å². The lowest BCUT2D eigenvalue weighted by atomic mass is 10.1. The van der Waals surface area contributed by atoms with Crippen molar-refractivity contribution in [3.8, 4) is 5.75 Å². The van der Waals surface area contributed by atoms with Crippen molar-refractivity contribution >= 4 is 11.9 Å². The van der Waals surface area contributed by atoms with Crippen molar-refractivity contribution in [2.45, 2.75) is 45.3 Å². The van der Waals surface area contributed by atoms with Crippen molar-refractivity contribution in [2.75, 3.05) is 0 Å². The van der Waals surface area contributed by atoms with Gasteiger partial charge in [0.1, 0.15) is 17.6 Å². The predicted octanol–water partition coefficient (Wildman–Crippen LogP) is 2.35. The Labute approximate surface area is 123 Å². The van der Waals surface area contributed by atoms with Crippen molar-refractivity contribution in [3.05, 3.63) is 30.1 Å². The molecule has 0 heterocycles. The van der Waals surface area contributed by atoms with Gasteiger partial charge in [-0.25, -0.2) is 9.18 Å². The zero-order chi connectivity index (χ0) is 16.0. The van der Waals surface area contributed by atoms with Crippen LogP contribution in [-0.4, -0.2) is 28.6 Å². The summed E-state index contributed by atoms with van der Waals surface area (Å²) in [6.45, 7) is 4.88. The molecule has 0 aliphatic carbocycles. The maximum atomic E-state index is 12.8. The van der Waals surface area contributed by atoms with Crippen LogP contribution in [0.5, 0.6) is 5.75 Å². The number of carbonyl (C=O) groups is 2. The van der Waals surface area contributed by atoms with Crippen molar-refractivity contribution in [1.82, 2.24) is 5.32 Å². The fraction of sp³-hybridized carbons (Fsp3) is 0.467. The minimum absolute atomic E-state index is 0.332. The zero-order valence-electron chi connectivity index (χ0n) is 12.4. The summed E-state index contributed by atoms with van der Waals surface area (Å²) < 4.78 is 18.3. The Hall–Kier alpha value is -2.11. The summed E-state index contributed by atoms with van der Waals surface area (Å²) in [6, 6.07) is 4.32. The number of carboxylic acid groups (broad SMARTS) is 1. The fourth-order valence-corrected chi connectivity index (χ4v) is 1.72. The summed E-state index contributed by atoms with van der Waals surface area (Å²) in [4.78, 5) is 23.2. The second-order valence-electron chi connectivity index (χ2n) is 5.22. The normalized spacial score (nSPS) is 12.6. The first-order valence-corrected chi connectivity index (χ1v) is 6.74. The molecule has 2 N–H and O–H groups in total. The number of nitrogens with one attached hydrogen (secondary N) is 1. The van der Waals surface area contributed by atoms with E-state index in [-0.39, 0.29) is 0 Å². The Morgan fingerprint density at radius 1 is 1.33 bits per heavy atom. The zero-order valence-corrected chi connectivity index (χ0v) is 12.4. The molecule has 1 atom stereocenters. The van der Waals surface area contributed by atoms with Gasteiger partial charge in [-0.3, -0.25) is 4.79 Å². The van der Waals surface area contributed by atoms with Crippen LogP contribution >= 0.6 is 0 Å². The number of carboxylic acids is 1. The van der Waals surface area contributed by atoms with Gasteiger partial charge < -0.3 is 15.2 Å². The maximum absolute atomic E-state index is 12.8. The number of rotatable bonds is 7. The Morgan fingerprint density at radius 2 is 1.90 bits per heavy atom. The molecule has 0 saturated heterocycles. The van der Waals surface area contributed by atoms with Crippen molar-refractivity contribution in [1.29, 1.82) is 0 Å². The van der Waals surface area contributed by atoms with E-state index in [2.05, 4.69) is 5.32 Å². The standard InChI is InChI=1S/C15H20FNO4/c1-4-5-12(13(18)19)17-14(20)15(2,3)21-11-8-6-10(16)7-9-11/h6-9,12H,4-5H2,1-3H3,(H,17,20)(H,18,19). The van der Waals surface area contributed by atoms with Gasteiger partial charge in [0, 0.05) is 0 Å². The van der Waals surface area contributed by atoms with Gasteiger partial charge in [0.2, 0.25) is 0 Å². The summed E-state index contributed by atoms with van der Waals surface area (Å²) in [6.07, 6.45) is 0.976. The lowest BCUT2D eigenvalue weighted by Crippen LogP contribution is -2.52. The number of hydrogen-bond acceptors (Lipinski definition) is 3. The molecule has 21 heavy (non-hydrogen) atoms. The minimum Gasteiger partial charge on any atom is -0.480 e. The monoisotopic (exact) mass is 297 g/mol. The van der Waals surface area contributed by atoms with Crippen LogP contribution in [0, 0.1) is 5.82 Å². The van der Waals surface area contributed by atoms with E-state index >= 15 is 0 Å². The first-order chi connectivity index (χ1) is 9.76. The molecular weight excluding hydrogens is 277 g/mol. The molecule has 5 nitrogen and oxygen atoms in total. The molecule has 1 unspecified atom stereocenters. The summed E-state index contributed by atoms with van der Waals surface area (Å²) in [5, 5.41) is 11.5. The summed E-state index contributed by atoms with van der Waals surface area (Å²) >= 11 is 0. The van der Waals surface area contributed by atoms with Gasteiger partial charge in [-0.15, -0.1) is 0 Å². The average molecular weight is 297 g/mol. The van der Waals surface area contributed by atoms with Gasteiger partial charge >= 0.3 is 5.97 Å². The molecule has 0 aliphatic rings. The van der Waals surface area contributed by atoms with Crippen molar-refractivity contribution < 1.29 is 23.8 Å². The number of ether oxygens (including phenoxy) is 1. The van der Waals surface area contributed by atoms with E-state index in [0.717, 1.165) is 0 Å². The first-order valence-electron chi connectivity index (χ1n) is 6.74. The van der Waals surface area contributed by atoms with Crippen LogP contribution in [0.1, 0.15) is 33.6 Å². The highest BCUT2D eigenvalue weighted by molar-refractivity contribution is 5.88. The van der Waals surface area contributed by atoms with E-state index in [1.807, 2.05) is 6.92 Å². The molecule has 0 bridgehead atoms. The molecule has 1 aromatic rings. The first kappa shape index (κ1) is 16.9. The summed E-state index contributed by atoms with van der Waals surface area (Å²) in [7, 11) is 0. The van der Waals surface area contributed by atoms with Crippen LogP contribution in [0.2, 0.25) is 0 Å². The van der Waals surface area contributed by atoms with Crippen molar-refractivity contribution in [3.63, 3.8) is 0 Å². The lowest BCUT2D eigenvalue weighted by Gasteiger charge is -2.27. The van der Waals surface area contributed by atoms with Crippen LogP contribution in [0.3, 0.4) is 0 Å². The Bertz CT molecular complexity index is 499. The van der Waals surface area contributed by atoms with Gasteiger partial charge in [0.05, 0.1) is 0 Å². The van der Waals surface area contributed by atoms with Gasteiger partial charge in [0.25, 0.3) is 5.91 Å². The molecule has 6 heteroatoms. The van der Waals surface area contributed by atoms with Crippen LogP contribution < -0.4 is 10.1 Å². The fourth-order valence-electron chi connectivity index (χ4n) is 1.72. The summed E-state index contributed by atoms with van der Waals surface area (Å²) in [5.74, 6) is -1.69. The molecule has 0 aromatic heterocycles. The van der Waals surface area contributed by atoms with Crippen LogP contribution in [0.15, 0.2) is 24.3 Å². The molecule has 0 fully saturated rings. The average Bonchev–Trinajstić information content (AvgIpc) is 2.40. The number of carbonyl (C=O) groups excluding carboxylic acids is 1.